The molecule has 1 saturated heterocycles. The molecule has 0 radical (unpaired) electrons. The van der Waals surface area contributed by atoms with E-state index in [1.165, 1.54) is 0 Å². The van der Waals surface area contributed by atoms with E-state index >= 15 is 0 Å². The van der Waals surface area contributed by atoms with Crippen molar-refractivity contribution < 1.29 is 9.53 Å². The molecule has 0 spiro atoms. The highest BCUT2D eigenvalue weighted by Gasteiger charge is 2.19. The molecule has 0 unspecified atom stereocenters. The number of anilines is 1. The Morgan fingerprint density at radius 1 is 1.10 bits per heavy atom. The number of amides is 1. The van der Waals surface area contributed by atoms with Gasteiger partial charge < -0.3 is 15.0 Å². The molecule has 29 heavy (non-hydrogen) atoms. The zero-order valence-corrected chi connectivity index (χ0v) is 18.0. The minimum absolute atomic E-state index is 0.214. The fraction of sp³-hybridized carbons (Fsp3) is 0.429. The SMILES string of the molecule is CNC(=O)c1cccc(OCCCCN2CCN(c3cccc(Cl)c3Cl)CC2)n1. The molecule has 1 amide bonds. The van der Waals surface area contributed by atoms with Gasteiger partial charge >= 0.3 is 0 Å². The van der Waals surface area contributed by atoms with Gasteiger partial charge in [-0.25, -0.2) is 4.98 Å². The van der Waals surface area contributed by atoms with E-state index in [0.29, 0.717) is 28.2 Å². The minimum Gasteiger partial charge on any atom is -0.478 e. The first kappa shape index (κ1) is 21.7. The third kappa shape index (κ3) is 5.98. The predicted octanol–water partition coefficient (Wildman–Crippen LogP) is 3.73. The van der Waals surface area contributed by atoms with Crippen molar-refractivity contribution in [1.82, 2.24) is 15.2 Å². The van der Waals surface area contributed by atoms with Crippen LogP contribution in [-0.2, 0) is 0 Å². The number of hydrogen-bond acceptors (Lipinski definition) is 5. The van der Waals surface area contributed by atoms with Gasteiger partial charge in [-0.2, -0.15) is 0 Å². The first-order chi connectivity index (χ1) is 14.1. The lowest BCUT2D eigenvalue weighted by molar-refractivity contribution is 0.0957. The zero-order valence-electron chi connectivity index (χ0n) is 16.5. The van der Waals surface area contributed by atoms with E-state index in [0.717, 1.165) is 51.3 Å². The summed E-state index contributed by atoms with van der Waals surface area (Å²) in [6.45, 7) is 5.49. The van der Waals surface area contributed by atoms with E-state index in [9.17, 15) is 4.79 Å². The van der Waals surface area contributed by atoms with E-state index in [4.69, 9.17) is 27.9 Å². The van der Waals surface area contributed by atoms with Gasteiger partial charge in [-0.1, -0.05) is 35.3 Å². The number of hydrogen-bond donors (Lipinski definition) is 1. The van der Waals surface area contributed by atoms with Crippen molar-refractivity contribution in [1.29, 1.82) is 0 Å². The normalized spacial score (nSPS) is 14.7. The van der Waals surface area contributed by atoms with Crippen LogP contribution in [0.15, 0.2) is 36.4 Å². The van der Waals surface area contributed by atoms with Crippen LogP contribution in [0.5, 0.6) is 5.88 Å². The van der Waals surface area contributed by atoms with Gasteiger partial charge in [0.05, 0.1) is 22.3 Å². The number of ether oxygens (including phenoxy) is 1. The van der Waals surface area contributed by atoms with E-state index in [1.54, 1.807) is 25.2 Å². The van der Waals surface area contributed by atoms with Gasteiger partial charge in [0, 0.05) is 39.3 Å². The monoisotopic (exact) mass is 436 g/mol. The number of benzene rings is 1. The van der Waals surface area contributed by atoms with E-state index in [1.807, 2.05) is 18.2 Å². The molecule has 156 valence electrons. The molecule has 0 atom stereocenters. The molecular weight excluding hydrogens is 411 g/mol. The number of unbranched alkanes of at least 4 members (excludes halogenated alkanes) is 1. The van der Waals surface area contributed by atoms with Crippen LogP contribution >= 0.6 is 23.2 Å². The van der Waals surface area contributed by atoms with Crippen LogP contribution < -0.4 is 15.0 Å². The number of nitrogens with one attached hydrogen (secondary N) is 1. The van der Waals surface area contributed by atoms with Crippen molar-refractivity contribution in [2.75, 3.05) is 51.3 Å². The van der Waals surface area contributed by atoms with Crippen molar-refractivity contribution in [2.45, 2.75) is 12.8 Å². The molecule has 1 fully saturated rings. The molecule has 1 aliphatic rings. The second kappa shape index (κ2) is 10.7. The predicted molar refractivity (Wildman–Crippen MR) is 117 cm³/mol. The van der Waals surface area contributed by atoms with Gasteiger partial charge in [-0.05, 0) is 37.6 Å². The smallest absolute Gasteiger partial charge is 0.269 e. The fourth-order valence-corrected chi connectivity index (χ4v) is 3.73. The Labute approximate surface area is 181 Å². The van der Waals surface area contributed by atoms with Crippen LogP contribution in [0.1, 0.15) is 23.3 Å². The molecule has 8 heteroatoms. The molecule has 0 aliphatic carbocycles. The van der Waals surface area contributed by atoms with Crippen LogP contribution in [0.25, 0.3) is 0 Å². The molecule has 2 aromatic rings. The Hall–Kier alpha value is -2.02. The number of halogens is 2. The van der Waals surface area contributed by atoms with E-state index in [2.05, 4.69) is 20.1 Å². The van der Waals surface area contributed by atoms with Crippen LogP contribution in [0.3, 0.4) is 0 Å². The van der Waals surface area contributed by atoms with Crippen molar-refractivity contribution in [3.8, 4) is 5.88 Å². The highest BCUT2D eigenvalue weighted by molar-refractivity contribution is 6.43. The summed E-state index contributed by atoms with van der Waals surface area (Å²) in [7, 11) is 1.58. The third-order valence-corrected chi connectivity index (χ3v) is 5.75. The Morgan fingerprint density at radius 3 is 2.62 bits per heavy atom. The Kier molecular flexibility index (Phi) is 7.98. The summed E-state index contributed by atoms with van der Waals surface area (Å²) < 4.78 is 5.68. The van der Waals surface area contributed by atoms with Crippen molar-refractivity contribution in [3.63, 3.8) is 0 Å². The summed E-state index contributed by atoms with van der Waals surface area (Å²) in [5.41, 5.74) is 1.38. The zero-order chi connectivity index (χ0) is 20.6. The Balaban J connectivity index is 1.35. The molecule has 3 rings (SSSR count). The molecule has 1 aliphatic heterocycles. The number of pyridine rings is 1. The number of carbonyl (C=O) groups excluding carboxylic acids is 1. The van der Waals surface area contributed by atoms with E-state index in [-0.39, 0.29) is 5.91 Å². The lowest BCUT2D eigenvalue weighted by Gasteiger charge is -2.36. The lowest BCUT2D eigenvalue weighted by atomic mass is 10.2. The van der Waals surface area contributed by atoms with Crippen molar-refractivity contribution in [3.05, 3.63) is 52.1 Å². The highest BCUT2D eigenvalue weighted by Crippen LogP contribution is 2.32. The highest BCUT2D eigenvalue weighted by atomic mass is 35.5. The fourth-order valence-electron chi connectivity index (χ4n) is 3.31. The summed E-state index contributed by atoms with van der Waals surface area (Å²) in [6.07, 6.45) is 1.99. The number of nitrogens with zero attached hydrogens (tertiary/aromatic N) is 3. The topological polar surface area (TPSA) is 57.7 Å². The Bertz CT molecular complexity index is 826. The second-order valence-electron chi connectivity index (χ2n) is 6.90. The maximum atomic E-state index is 11.6. The quantitative estimate of drug-likeness (QED) is 0.638. The van der Waals surface area contributed by atoms with Crippen LogP contribution in [-0.4, -0.2) is 62.2 Å². The molecule has 2 heterocycles. The van der Waals surface area contributed by atoms with Gasteiger partial charge in [0.2, 0.25) is 5.88 Å². The molecule has 0 saturated carbocycles. The number of rotatable bonds is 8. The Morgan fingerprint density at radius 2 is 1.86 bits per heavy atom. The van der Waals surface area contributed by atoms with Gasteiger partial charge in [0.25, 0.3) is 5.91 Å². The second-order valence-corrected chi connectivity index (χ2v) is 7.68. The maximum absolute atomic E-state index is 11.6. The standard InChI is InChI=1S/C21H26Cl2N4O2/c1-24-21(28)17-7-5-9-19(25-17)29-15-3-2-10-26-11-13-27(14-12-26)18-8-4-6-16(22)20(18)23/h4-9H,2-3,10-15H2,1H3,(H,24,28). The molecule has 6 nitrogen and oxygen atoms in total. The number of aromatic nitrogens is 1. The first-order valence-corrected chi connectivity index (χ1v) is 10.6. The molecular formula is C21H26Cl2N4O2. The summed E-state index contributed by atoms with van der Waals surface area (Å²) >= 11 is 12.5. The van der Waals surface area contributed by atoms with Crippen molar-refractivity contribution in [2.24, 2.45) is 0 Å². The van der Waals surface area contributed by atoms with Crippen LogP contribution in [0.4, 0.5) is 5.69 Å². The molecule has 1 aromatic heterocycles. The van der Waals surface area contributed by atoms with Gasteiger partial charge in [0.15, 0.2) is 0 Å². The average molecular weight is 437 g/mol. The number of carbonyl (C=O) groups is 1. The largest absolute Gasteiger partial charge is 0.478 e. The average Bonchev–Trinajstić information content (AvgIpc) is 2.75. The van der Waals surface area contributed by atoms with Gasteiger partial charge in [0.1, 0.15) is 5.69 Å². The summed E-state index contributed by atoms with van der Waals surface area (Å²) in [5.74, 6) is 0.270. The molecule has 1 N–H and O–H groups in total. The van der Waals surface area contributed by atoms with Crippen LogP contribution in [0.2, 0.25) is 10.0 Å². The van der Waals surface area contributed by atoms with Crippen LogP contribution in [0, 0.1) is 0 Å². The summed E-state index contributed by atoms with van der Waals surface area (Å²) in [6, 6.07) is 11.0. The van der Waals surface area contributed by atoms with Gasteiger partial charge in [-0.3, -0.25) is 9.69 Å². The van der Waals surface area contributed by atoms with Crippen molar-refractivity contribution >= 4 is 34.8 Å². The maximum Gasteiger partial charge on any atom is 0.269 e. The van der Waals surface area contributed by atoms with Gasteiger partial charge in [-0.15, -0.1) is 0 Å². The molecule has 0 bridgehead atoms. The minimum atomic E-state index is -0.214. The summed E-state index contributed by atoms with van der Waals surface area (Å²) in [5, 5.41) is 3.79. The summed E-state index contributed by atoms with van der Waals surface area (Å²) in [4.78, 5) is 20.6. The third-order valence-electron chi connectivity index (χ3n) is 4.95. The lowest BCUT2D eigenvalue weighted by Crippen LogP contribution is -2.46. The first-order valence-electron chi connectivity index (χ1n) is 9.81. The number of piperazine rings is 1. The molecule has 1 aromatic carbocycles. The van der Waals surface area contributed by atoms with E-state index < -0.39 is 0 Å².